The van der Waals surface area contributed by atoms with E-state index >= 15 is 0 Å². The Kier molecular flexibility index (Phi) is 5.38. The topological polar surface area (TPSA) is 75.5 Å². The van der Waals surface area contributed by atoms with Crippen LogP contribution in [0.4, 0.5) is 5.69 Å². The zero-order valence-electron chi connectivity index (χ0n) is 17.5. The van der Waals surface area contributed by atoms with Gasteiger partial charge in [-0.3, -0.25) is 4.79 Å². The van der Waals surface area contributed by atoms with Crippen LogP contribution in [0.3, 0.4) is 0 Å². The summed E-state index contributed by atoms with van der Waals surface area (Å²) in [6.45, 7) is 3.44. The third kappa shape index (κ3) is 3.50. The van der Waals surface area contributed by atoms with E-state index in [2.05, 4.69) is 11.1 Å². The van der Waals surface area contributed by atoms with Gasteiger partial charge >= 0.3 is 0 Å². The van der Waals surface area contributed by atoms with E-state index in [4.69, 9.17) is 0 Å². The molecule has 1 aliphatic heterocycles. The van der Waals surface area contributed by atoms with Crippen LogP contribution in [0.15, 0.2) is 47.4 Å². The van der Waals surface area contributed by atoms with Crippen molar-refractivity contribution < 1.29 is 13.2 Å². The number of imidazole rings is 1. The first-order chi connectivity index (χ1) is 14.3. The maximum atomic E-state index is 12.9. The van der Waals surface area contributed by atoms with E-state index in [1.165, 1.54) is 24.0 Å². The second-order valence-corrected chi connectivity index (χ2v) is 9.79. The highest BCUT2D eigenvalue weighted by molar-refractivity contribution is 7.89. The molecule has 8 heteroatoms. The molecule has 0 unspecified atom stereocenters. The van der Waals surface area contributed by atoms with Gasteiger partial charge < -0.3 is 9.47 Å². The number of hydrogen-bond acceptors (Lipinski definition) is 4. The minimum atomic E-state index is -3.52. The number of rotatable bonds is 6. The van der Waals surface area contributed by atoms with Crippen LogP contribution in [-0.4, -0.2) is 48.8 Å². The molecule has 3 aromatic rings. The third-order valence-electron chi connectivity index (χ3n) is 5.64. The Morgan fingerprint density at radius 1 is 1.17 bits per heavy atom. The van der Waals surface area contributed by atoms with Gasteiger partial charge in [0.15, 0.2) is 0 Å². The first-order valence-electron chi connectivity index (χ1n) is 10.1. The highest BCUT2D eigenvalue weighted by atomic mass is 32.2. The summed E-state index contributed by atoms with van der Waals surface area (Å²) in [6.07, 6.45) is 1.76. The van der Waals surface area contributed by atoms with Crippen LogP contribution < -0.4 is 4.90 Å². The predicted molar refractivity (Wildman–Crippen MR) is 117 cm³/mol. The molecule has 0 N–H and O–H groups in total. The van der Waals surface area contributed by atoms with E-state index in [9.17, 15) is 13.2 Å². The molecule has 0 spiro atoms. The molecule has 1 aromatic heterocycles. The molecule has 4 rings (SSSR count). The molecule has 0 saturated carbocycles. The Morgan fingerprint density at radius 2 is 1.93 bits per heavy atom. The van der Waals surface area contributed by atoms with Crippen molar-refractivity contribution in [2.45, 2.75) is 37.6 Å². The summed E-state index contributed by atoms with van der Waals surface area (Å²) in [5, 5.41) is 0. The van der Waals surface area contributed by atoms with E-state index in [-0.39, 0.29) is 10.8 Å². The molecule has 7 nitrogen and oxygen atoms in total. The monoisotopic (exact) mass is 426 g/mol. The van der Waals surface area contributed by atoms with E-state index in [0.717, 1.165) is 23.4 Å². The lowest BCUT2D eigenvalue weighted by Crippen LogP contribution is -2.29. The van der Waals surface area contributed by atoms with Crippen molar-refractivity contribution in [2.75, 3.05) is 25.5 Å². The summed E-state index contributed by atoms with van der Waals surface area (Å²) in [5.74, 6) is 0.887. The molecule has 0 aliphatic carbocycles. The number of benzene rings is 2. The highest BCUT2D eigenvalue weighted by Gasteiger charge is 2.25. The van der Waals surface area contributed by atoms with Gasteiger partial charge in [0.05, 0.1) is 15.9 Å². The van der Waals surface area contributed by atoms with Crippen LogP contribution in [0, 0.1) is 0 Å². The van der Waals surface area contributed by atoms with Gasteiger partial charge in [0.2, 0.25) is 15.9 Å². The number of carbonyl (C=O) groups excluding carboxylic acids is 1. The van der Waals surface area contributed by atoms with Crippen LogP contribution in [0.25, 0.3) is 11.0 Å². The van der Waals surface area contributed by atoms with Gasteiger partial charge in [0.1, 0.15) is 5.82 Å². The van der Waals surface area contributed by atoms with Gasteiger partial charge in [-0.1, -0.05) is 18.2 Å². The smallest absolute Gasteiger partial charge is 0.242 e. The average molecular weight is 427 g/mol. The molecule has 2 aromatic carbocycles. The van der Waals surface area contributed by atoms with Crippen molar-refractivity contribution >= 4 is 32.7 Å². The Hall–Kier alpha value is -2.71. The molecular formula is C22H26N4O3S. The first kappa shape index (κ1) is 20.6. The first-order valence-corrected chi connectivity index (χ1v) is 11.6. The Labute approximate surface area is 177 Å². The maximum absolute atomic E-state index is 12.9. The lowest BCUT2D eigenvalue weighted by molar-refractivity contribution is -0.118. The number of para-hydroxylation sites is 1. The number of nitrogens with zero attached hydrogens (tertiary/aromatic N) is 4. The fraction of sp³-hybridized carbons (Fsp3) is 0.364. The van der Waals surface area contributed by atoms with Crippen LogP contribution >= 0.6 is 0 Å². The molecule has 0 bridgehead atoms. The lowest BCUT2D eigenvalue weighted by Gasteiger charge is -2.17. The molecule has 0 saturated heterocycles. The number of anilines is 1. The maximum Gasteiger partial charge on any atom is 0.242 e. The van der Waals surface area contributed by atoms with E-state index < -0.39 is 10.0 Å². The van der Waals surface area contributed by atoms with Crippen molar-refractivity contribution in [3.8, 4) is 0 Å². The number of hydrogen-bond donors (Lipinski definition) is 0. The Bertz CT molecular complexity index is 1210. The standard InChI is InChI=1S/C22H26N4O3S/c1-4-25-20-10-9-17(30(28,29)24(2)3)15-18(20)23-21(25)11-12-22(27)26-14-13-16-7-5-6-8-19(16)26/h5-10,15H,4,11-14H2,1-3H3. The lowest BCUT2D eigenvalue weighted by atomic mass is 10.2. The fourth-order valence-electron chi connectivity index (χ4n) is 4.03. The number of aromatic nitrogens is 2. The van der Waals surface area contributed by atoms with E-state index in [1.807, 2.05) is 34.6 Å². The highest BCUT2D eigenvalue weighted by Crippen LogP contribution is 2.28. The number of sulfonamides is 1. The normalized spacial score (nSPS) is 13.9. The molecule has 0 radical (unpaired) electrons. The second kappa shape index (κ2) is 7.85. The molecule has 158 valence electrons. The summed E-state index contributed by atoms with van der Waals surface area (Å²) >= 11 is 0. The molecule has 0 atom stereocenters. The number of carbonyl (C=O) groups is 1. The van der Waals surface area contributed by atoms with E-state index in [1.54, 1.807) is 18.2 Å². The summed E-state index contributed by atoms with van der Waals surface area (Å²) in [4.78, 5) is 19.6. The summed E-state index contributed by atoms with van der Waals surface area (Å²) in [7, 11) is -0.497. The molecular weight excluding hydrogens is 400 g/mol. The zero-order chi connectivity index (χ0) is 21.5. The quantitative estimate of drug-likeness (QED) is 0.607. The fourth-order valence-corrected chi connectivity index (χ4v) is 4.95. The van der Waals surface area contributed by atoms with Crippen molar-refractivity contribution in [2.24, 2.45) is 0 Å². The van der Waals surface area contributed by atoms with Gasteiger partial charge in [-0.25, -0.2) is 17.7 Å². The summed E-state index contributed by atoms with van der Waals surface area (Å²) in [5.41, 5.74) is 3.73. The predicted octanol–water partition coefficient (Wildman–Crippen LogP) is 2.83. The SMILES string of the molecule is CCn1c(CCC(=O)N2CCc3ccccc32)nc2cc(S(=O)(=O)N(C)C)ccc21. The number of aryl methyl sites for hydroxylation is 2. The molecule has 2 heterocycles. The molecule has 0 fully saturated rings. The van der Waals surface area contributed by atoms with Crippen LogP contribution in [0.5, 0.6) is 0 Å². The molecule has 1 aliphatic rings. The Balaban J connectivity index is 1.58. The minimum Gasteiger partial charge on any atom is -0.328 e. The summed E-state index contributed by atoms with van der Waals surface area (Å²) in [6, 6.07) is 13.0. The number of fused-ring (bicyclic) bond motifs is 2. The average Bonchev–Trinajstić information content (AvgIpc) is 3.32. The van der Waals surface area contributed by atoms with Crippen LogP contribution in [0.1, 0.15) is 24.7 Å². The van der Waals surface area contributed by atoms with Gasteiger partial charge in [-0.05, 0) is 43.2 Å². The number of amides is 1. The van der Waals surface area contributed by atoms with E-state index in [0.29, 0.717) is 31.4 Å². The van der Waals surface area contributed by atoms with Crippen molar-refractivity contribution in [1.29, 1.82) is 0 Å². The van der Waals surface area contributed by atoms with Crippen molar-refractivity contribution in [3.63, 3.8) is 0 Å². The largest absolute Gasteiger partial charge is 0.328 e. The minimum absolute atomic E-state index is 0.0885. The van der Waals surface area contributed by atoms with Gasteiger partial charge in [-0.15, -0.1) is 0 Å². The zero-order valence-corrected chi connectivity index (χ0v) is 18.3. The van der Waals surface area contributed by atoms with Gasteiger partial charge in [0.25, 0.3) is 0 Å². The van der Waals surface area contributed by atoms with Gasteiger partial charge in [-0.2, -0.15) is 0 Å². The molecule has 1 amide bonds. The van der Waals surface area contributed by atoms with Crippen LogP contribution in [0.2, 0.25) is 0 Å². The van der Waals surface area contributed by atoms with Crippen molar-refractivity contribution in [3.05, 3.63) is 53.9 Å². The molecule has 30 heavy (non-hydrogen) atoms. The Morgan fingerprint density at radius 3 is 2.67 bits per heavy atom. The van der Waals surface area contributed by atoms with Crippen molar-refractivity contribution in [1.82, 2.24) is 13.9 Å². The second-order valence-electron chi connectivity index (χ2n) is 7.63. The van der Waals surface area contributed by atoms with Gasteiger partial charge in [0, 0.05) is 45.7 Å². The van der Waals surface area contributed by atoms with Crippen LogP contribution in [-0.2, 0) is 34.2 Å². The summed E-state index contributed by atoms with van der Waals surface area (Å²) < 4.78 is 28.1. The third-order valence-corrected chi connectivity index (χ3v) is 7.46.